The Labute approximate surface area is 138 Å². The van der Waals surface area contributed by atoms with Gasteiger partial charge in [0, 0.05) is 0 Å². The Morgan fingerprint density at radius 3 is 1.88 bits per heavy atom. The highest BCUT2D eigenvalue weighted by atomic mass is 32.2. The Kier molecular flexibility index (Phi) is 4.61. The predicted octanol–water partition coefficient (Wildman–Crippen LogP) is 2.47. The van der Waals surface area contributed by atoms with Crippen molar-refractivity contribution in [2.75, 3.05) is 0 Å². The third-order valence-corrected chi connectivity index (χ3v) is 4.62. The summed E-state index contributed by atoms with van der Waals surface area (Å²) in [6.45, 7) is 3.56. The van der Waals surface area contributed by atoms with Crippen LogP contribution in [0.25, 0.3) is 0 Å². The standard InChI is InChI=1S/C16H14O7S/c1-9-3-4-14(5-10(9)2)24(21,22)23-13-7-11(15(17)18)6-12(8-13)16(19)20/h3-8H,1-2H3,(H,17,18)(H,19,20). The van der Waals surface area contributed by atoms with E-state index in [1.807, 2.05) is 6.92 Å². The highest BCUT2D eigenvalue weighted by molar-refractivity contribution is 7.87. The molecule has 8 heteroatoms. The Balaban J connectivity index is 2.47. The molecule has 0 bridgehead atoms. The molecule has 0 amide bonds. The molecule has 0 radical (unpaired) electrons. The van der Waals surface area contributed by atoms with Gasteiger partial charge in [-0.2, -0.15) is 8.42 Å². The first-order valence-electron chi connectivity index (χ1n) is 6.73. The zero-order chi connectivity index (χ0) is 18.1. The fourth-order valence-corrected chi connectivity index (χ4v) is 2.94. The molecule has 0 aliphatic rings. The molecule has 0 fully saturated rings. The lowest BCUT2D eigenvalue weighted by molar-refractivity contribution is 0.0696. The van der Waals surface area contributed by atoms with Crippen molar-refractivity contribution in [3.8, 4) is 5.75 Å². The van der Waals surface area contributed by atoms with Crippen LogP contribution in [0.2, 0.25) is 0 Å². The molecule has 0 aliphatic heterocycles. The molecule has 2 aromatic carbocycles. The highest BCUT2D eigenvalue weighted by Gasteiger charge is 2.20. The van der Waals surface area contributed by atoms with E-state index in [0.29, 0.717) is 0 Å². The Morgan fingerprint density at radius 1 is 0.875 bits per heavy atom. The van der Waals surface area contributed by atoms with Crippen LogP contribution in [-0.2, 0) is 10.1 Å². The molecule has 0 saturated heterocycles. The van der Waals surface area contributed by atoms with Crippen molar-refractivity contribution < 1.29 is 32.4 Å². The smallest absolute Gasteiger partial charge is 0.339 e. The number of carbonyl (C=O) groups is 2. The average molecular weight is 350 g/mol. The molecule has 2 N–H and O–H groups in total. The molecule has 24 heavy (non-hydrogen) atoms. The molecule has 2 aromatic rings. The van der Waals surface area contributed by atoms with Gasteiger partial charge in [0.1, 0.15) is 10.6 Å². The van der Waals surface area contributed by atoms with E-state index in [0.717, 1.165) is 29.3 Å². The van der Waals surface area contributed by atoms with Gasteiger partial charge in [-0.15, -0.1) is 0 Å². The lowest BCUT2D eigenvalue weighted by atomic mass is 10.1. The third kappa shape index (κ3) is 3.72. The lowest BCUT2D eigenvalue weighted by Crippen LogP contribution is -2.12. The molecule has 0 saturated carbocycles. The van der Waals surface area contributed by atoms with E-state index in [1.54, 1.807) is 13.0 Å². The largest absolute Gasteiger partial charge is 0.478 e. The van der Waals surface area contributed by atoms with Crippen LogP contribution in [0.4, 0.5) is 0 Å². The third-order valence-electron chi connectivity index (χ3n) is 3.37. The van der Waals surface area contributed by atoms with Crippen molar-refractivity contribution in [2.24, 2.45) is 0 Å². The number of hydrogen-bond donors (Lipinski definition) is 2. The van der Waals surface area contributed by atoms with Crippen LogP contribution in [0.5, 0.6) is 5.75 Å². The van der Waals surface area contributed by atoms with E-state index in [-0.39, 0.29) is 21.8 Å². The van der Waals surface area contributed by atoms with Crippen LogP contribution in [0.3, 0.4) is 0 Å². The van der Waals surface area contributed by atoms with E-state index in [9.17, 15) is 18.0 Å². The van der Waals surface area contributed by atoms with Crippen molar-refractivity contribution in [3.63, 3.8) is 0 Å². The van der Waals surface area contributed by atoms with E-state index in [2.05, 4.69) is 0 Å². The number of aryl methyl sites for hydroxylation is 2. The lowest BCUT2D eigenvalue weighted by Gasteiger charge is -2.10. The van der Waals surface area contributed by atoms with Crippen LogP contribution in [0.15, 0.2) is 41.3 Å². The molecule has 0 aromatic heterocycles. The van der Waals surface area contributed by atoms with Gasteiger partial charge >= 0.3 is 22.1 Å². The number of benzene rings is 2. The summed E-state index contributed by atoms with van der Waals surface area (Å²) >= 11 is 0. The number of carboxylic acids is 2. The maximum atomic E-state index is 12.3. The Bertz CT molecular complexity index is 897. The Morgan fingerprint density at radius 2 is 1.42 bits per heavy atom. The van der Waals surface area contributed by atoms with E-state index >= 15 is 0 Å². The molecule has 0 aliphatic carbocycles. The van der Waals surface area contributed by atoms with Crippen LogP contribution in [-0.4, -0.2) is 30.6 Å². The second kappa shape index (κ2) is 6.32. The molecule has 0 atom stereocenters. The summed E-state index contributed by atoms with van der Waals surface area (Å²) in [6, 6.07) is 7.21. The maximum Gasteiger partial charge on any atom is 0.339 e. The molecular weight excluding hydrogens is 336 g/mol. The molecule has 0 spiro atoms. The number of aromatic carboxylic acids is 2. The normalized spacial score (nSPS) is 11.1. The molecule has 2 rings (SSSR count). The zero-order valence-electron chi connectivity index (χ0n) is 12.8. The topological polar surface area (TPSA) is 118 Å². The summed E-state index contributed by atoms with van der Waals surface area (Å²) in [6.07, 6.45) is 0. The van der Waals surface area contributed by atoms with Gasteiger partial charge in [-0.3, -0.25) is 0 Å². The Hall–Kier alpha value is -2.87. The van der Waals surface area contributed by atoms with Gasteiger partial charge in [-0.1, -0.05) is 6.07 Å². The van der Waals surface area contributed by atoms with Crippen LogP contribution >= 0.6 is 0 Å². The second-order valence-corrected chi connectivity index (χ2v) is 6.69. The van der Waals surface area contributed by atoms with Crippen molar-refractivity contribution in [1.29, 1.82) is 0 Å². The van der Waals surface area contributed by atoms with E-state index < -0.39 is 22.1 Å². The number of rotatable bonds is 5. The van der Waals surface area contributed by atoms with Crippen LogP contribution in [0, 0.1) is 13.8 Å². The summed E-state index contributed by atoms with van der Waals surface area (Å²) in [4.78, 5) is 22.0. The van der Waals surface area contributed by atoms with Crippen molar-refractivity contribution in [1.82, 2.24) is 0 Å². The number of hydrogen-bond acceptors (Lipinski definition) is 5. The fourth-order valence-electron chi connectivity index (χ4n) is 1.94. The number of carboxylic acid groups (broad SMARTS) is 2. The molecular formula is C16H14O7S. The summed E-state index contributed by atoms with van der Waals surface area (Å²) < 4.78 is 29.5. The van der Waals surface area contributed by atoms with E-state index in [1.165, 1.54) is 12.1 Å². The van der Waals surface area contributed by atoms with Crippen molar-refractivity contribution in [3.05, 3.63) is 58.7 Å². The van der Waals surface area contributed by atoms with Gasteiger partial charge in [0.25, 0.3) is 0 Å². The first-order valence-corrected chi connectivity index (χ1v) is 8.14. The van der Waals surface area contributed by atoms with Crippen molar-refractivity contribution in [2.45, 2.75) is 18.7 Å². The van der Waals surface area contributed by atoms with Crippen LogP contribution in [0.1, 0.15) is 31.8 Å². The van der Waals surface area contributed by atoms with E-state index in [4.69, 9.17) is 14.4 Å². The monoisotopic (exact) mass is 350 g/mol. The summed E-state index contributed by atoms with van der Waals surface area (Å²) in [7, 11) is -4.22. The van der Waals surface area contributed by atoms with Gasteiger partial charge in [0.15, 0.2) is 0 Å². The minimum absolute atomic E-state index is 0.108. The SMILES string of the molecule is Cc1ccc(S(=O)(=O)Oc2cc(C(=O)O)cc(C(=O)O)c2)cc1C. The molecule has 126 valence electrons. The average Bonchev–Trinajstić information content (AvgIpc) is 2.49. The van der Waals surface area contributed by atoms with Gasteiger partial charge < -0.3 is 14.4 Å². The van der Waals surface area contributed by atoms with Gasteiger partial charge in [0.05, 0.1) is 11.1 Å². The fraction of sp³-hybridized carbons (Fsp3) is 0.125. The summed E-state index contributed by atoms with van der Waals surface area (Å²) in [5, 5.41) is 18.0. The quantitative estimate of drug-likeness (QED) is 0.795. The second-order valence-electron chi connectivity index (χ2n) is 5.14. The minimum atomic E-state index is -4.22. The van der Waals surface area contributed by atoms with Gasteiger partial charge in [-0.25, -0.2) is 9.59 Å². The van der Waals surface area contributed by atoms with Crippen molar-refractivity contribution >= 4 is 22.1 Å². The minimum Gasteiger partial charge on any atom is -0.478 e. The summed E-state index contributed by atoms with van der Waals surface area (Å²) in [5.74, 6) is -3.18. The first kappa shape index (κ1) is 17.5. The molecule has 7 nitrogen and oxygen atoms in total. The highest BCUT2D eigenvalue weighted by Crippen LogP contribution is 2.23. The van der Waals surface area contributed by atoms with Gasteiger partial charge in [0.2, 0.25) is 0 Å². The maximum absolute atomic E-state index is 12.3. The van der Waals surface area contributed by atoms with Gasteiger partial charge in [-0.05, 0) is 55.3 Å². The predicted molar refractivity (Wildman–Crippen MR) is 84.1 cm³/mol. The first-order chi connectivity index (χ1) is 11.1. The summed E-state index contributed by atoms with van der Waals surface area (Å²) in [5.41, 5.74) is 0.862. The molecule has 0 unspecified atom stereocenters. The van der Waals surface area contributed by atoms with Crippen LogP contribution < -0.4 is 4.18 Å². The molecule has 0 heterocycles. The zero-order valence-corrected chi connectivity index (χ0v) is 13.6.